The normalized spacial score (nSPS) is 20.3. The van der Waals surface area contributed by atoms with E-state index in [1.165, 1.54) is 11.1 Å². The van der Waals surface area contributed by atoms with Crippen molar-refractivity contribution in [2.75, 3.05) is 19.6 Å². The summed E-state index contributed by atoms with van der Waals surface area (Å²) in [6.07, 6.45) is 2.91. The molecular formula is C21H22N2O2. The van der Waals surface area contributed by atoms with Crippen LogP contribution < -0.4 is 5.32 Å². The van der Waals surface area contributed by atoms with E-state index in [-0.39, 0.29) is 12.2 Å². The van der Waals surface area contributed by atoms with Crippen molar-refractivity contribution in [3.05, 3.63) is 77.4 Å². The van der Waals surface area contributed by atoms with Crippen molar-refractivity contribution < 1.29 is 9.53 Å². The summed E-state index contributed by atoms with van der Waals surface area (Å²) in [7, 11) is 0. The average Bonchev–Trinajstić information content (AvgIpc) is 3.04. The molecule has 1 saturated heterocycles. The Morgan fingerprint density at radius 3 is 2.60 bits per heavy atom. The molecule has 25 heavy (non-hydrogen) atoms. The maximum atomic E-state index is 12.2. The summed E-state index contributed by atoms with van der Waals surface area (Å²) in [6, 6.07) is 18.5. The molecule has 4 nitrogen and oxygen atoms in total. The highest BCUT2D eigenvalue weighted by Crippen LogP contribution is 2.27. The summed E-state index contributed by atoms with van der Waals surface area (Å²) in [5.74, 6) is 0. The van der Waals surface area contributed by atoms with Crippen LogP contribution in [0.3, 0.4) is 0 Å². The van der Waals surface area contributed by atoms with Crippen molar-refractivity contribution in [2.24, 2.45) is 0 Å². The Balaban J connectivity index is 1.42. The topological polar surface area (TPSA) is 41.6 Å². The molecule has 0 spiro atoms. The van der Waals surface area contributed by atoms with Gasteiger partial charge in [0.05, 0.1) is 6.54 Å². The summed E-state index contributed by atoms with van der Waals surface area (Å²) < 4.78 is 5.52. The molecule has 4 heteroatoms. The minimum atomic E-state index is -0.237. The summed E-state index contributed by atoms with van der Waals surface area (Å²) in [4.78, 5) is 13.9. The van der Waals surface area contributed by atoms with Crippen molar-refractivity contribution in [2.45, 2.75) is 19.1 Å². The van der Waals surface area contributed by atoms with E-state index in [4.69, 9.17) is 4.74 Å². The summed E-state index contributed by atoms with van der Waals surface area (Å²) in [5, 5.41) is 3.33. The van der Waals surface area contributed by atoms with Crippen LogP contribution in [-0.4, -0.2) is 30.6 Å². The van der Waals surface area contributed by atoms with Crippen molar-refractivity contribution >= 4 is 11.7 Å². The predicted molar refractivity (Wildman–Crippen MR) is 98.0 cm³/mol. The average molecular weight is 334 g/mol. The van der Waals surface area contributed by atoms with E-state index in [1.54, 1.807) is 4.90 Å². The number of hydrogen-bond acceptors (Lipinski definition) is 3. The highest BCUT2D eigenvalue weighted by Gasteiger charge is 2.32. The van der Waals surface area contributed by atoms with E-state index in [0.29, 0.717) is 13.1 Å². The number of nitrogens with one attached hydrogen (secondary N) is 1. The monoisotopic (exact) mass is 334 g/mol. The first-order valence-corrected chi connectivity index (χ1v) is 8.79. The Hall–Kier alpha value is -2.59. The molecule has 0 saturated carbocycles. The van der Waals surface area contributed by atoms with Gasteiger partial charge in [0.2, 0.25) is 0 Å². The second-order valence-electron chi connectivity index (χ2n) is 6.54. The maximum Gasteiger partial charge on any atom is 0.410 e. The summed E-state index contributed by atoms with van der Waals surface area (Å²) in [5.41, 5.74) is 4.85. The first-order valence-electron chi connectivity index (χ1n) is 8.79. The van der Waals surface area contributed by atoms with Gasteiger partial charge < -0.3 is 10.1 Å². The number of hydrogen-bond donors (Lipinski definition) is 1. The number of benzene rings is 2. The number of cyclic esters (lactones) is 1. The number of amides is 1. The number of nitrogens with zero attached hydrogens (tertiary/aromatic N) is 1. The Morgan fingerprint density at radius 2 is 1.88 bits per heavy atom. The standard InChI is InChI=1S/C21H22N2O2/c24-21-23(15-20(25-21)19-4-2-1-3-5-19)14-16-6-8-17(9-7-16)18-10-12-22-13-11-18/h1-10,20,22H,11-15H2. The van der Waals surface area contributed by atoms with Crippen molar-refractivity contribution in [1.82, 2.24) is 10.2 Å². The van der Waals surface area contributed by atoms with Gasteiger partial charge in [-0.15, -0.1) is 0 Å². The van der Waals surface area contributed by atoms with Crippen molar-refractivity contribution in [3.8, 4) is 0 Å². The smallest absolute Gasteiger partial charge is 0.410 e. The minimum absolute atomic E-state index is 0.173. The summed E-state index contributed by atoms with van der Waals surface area (Å²) in [6.45, 7) is 3.16. The molecule has 1 fully saturated rings. The van der Waals surface area contributed by atoms with Crippen molar-refractivity contribution in [3.63, 3.8) is 0 Å². The zero-order valence-corrected chi connectivity index (χ0v) is 14.2. The lowest BCUT2D eigenvalue weighted by molar-refractivity contribution is 0.132. The Kier molecular flexibility index (Phi) is 4.53. The van der Waals surface area contributed by atoms with Gasteiger partial charge in [-0.25, -0.2) is 4.79 Å². The van der Waals surface area contributed by atoms with Crippen LogP contribution in [0.5, 0.6) is 0 Å². The zero-order chi connectivity index (χ0) is 17.1. The van der Waals surface area contributed by atoms with Crippen LogP contribution in [0.1, 0.15) is 29.2 Å². The first kappa shape index (κ1) is 15.9. The van der Waals surface area contributed by atoms with Crippen LogP contribution in [0.15, 0.2) is 60.7 Å². The molecule has 1 atom stereocenters. The van der Waals surface area contributed by atoms with E-state index in [9.17, 15) is 4.79 Å². The maximum absolute atomic E-state index is 12.2. The fourth-order valence-electron chi connectivity index (χ4n) is 3.41. The molecule has 1 unspecified atom stereocenters. The van der Waals surface area contributed by atoms with E-state index in [2.05, 4.69) is 35.7 Å². The highest BCUT2D eigenvalue weighted by molar-refractivity contribution is 5.70. The molecule has 1 N–H and O–H groups in total. The second-order valence-corrected chi connectivity index (χ2v) is 6.54. The molecule has 2 aliphatic heterocycles. The number of carbonyl (C=O) groups is 1. The van der Waals surface area contributed by atoms with Crippen LogP contribution in [0.2, 0.25) is 0 Å². The molecule has 2 aliphatic rings. The zero-order valence-electron chi connectivity index (χ0n) is 14.2. The van der Waals surface area contributed by atoms with Gasteiger partial charge in [-0.1, -0.05) is 60.7 Å². The van der Waals surface area contributed by atoms with Gasteiger partial charge in [-0.2, -0.15) is 0 Å². The molecule has 0 aliphatic carbocycles. The van der Waals surface area contributed by atoms with Crippen LogP contribution >= 0.6 is 0 Å². The highest BCUT2D eigenvalue weighted by atomic mass is 16.6. The lowest BCUT2D eigenvalue weighted by atomic mass is 9.99. The third-order valence-electron chi connectivity index (χ3n) is 4.82. The molecule has 2 aromatic rings. The van der Waals surface area contributed by atoms with Gasteiger partial charge in [-0.3, -0.25) is 4.90 Å². The fourth-order valence-corrected chi connectivity index (χ4v) is 3.41. The van der Waals surface area contributed by atoms with E-state index in [0.717, 1.165) is 30.6 Å². The third kappa shape index (κ3) is 3.59. The predicted octanol–water partition coefficient (Wildman–Crippen LogP) is 3.76. The Labute approximate surface area is 148 Å². The molecule has 128 valence electrons. The van der Waals surface area contributed by atoms with Gasteiger partial charge in [0.1, 0.15) is 6.10 Å². The lowest BCUT2D eigenvalue weighted by Gasteiger charge is -2.16. The number of carbonyl (C=O) groups excluding carboxylic acids is 1. The number of rotatable bonds is 4. The summed E-state index contributed by atoms with van der Waals surface area (Å²) >= 11 is 0. The third-order valence-corrected chi connectivity index (χ3v) is 4.82. The first-order chi connectivity index (χ1) is 12.3. The lowest BCUT2D eigenvalue weighted by Crippen LogP contribution is -2.23. The molecule has 0 aromatic heterocycles. The largest absolute Gasteiger partial charge is 0.439 e. The van der Waals surface area contributed by atoms with Gasteiger partial charge in [0, 0.05) is 13.1 Å². The van der Waals surface area contributed by atoms with E-state index >= 15 is 0 Å². The van der Waals surface area contributed by atoms with Gasteiger partial charge in [0.25, 0.3) is 0 Å². The molecule has 1 amide bonds. The van der Waals surface area contributed by atoms with E-state index < -0.39 is 0 Å². The molecule has 2 aromatic carbocycles. The molecular weight excluding hydrogens is 312 g/mol. The van der Waals surface area contributed by atoms with Crippen LogP contribution in [0.4, 0.5) is 4.79 Å². The molecule has 4 rings (SSSR count). The Morgan fingerprint density at radius 1 is 1.08 bits per heavy atom. The van der Waals surface area contributed by atoms with Gasteiger partial charge in [0.15, 0.2) is 0 Å². The quantitative estimate of drug-likeness (QED) is 0.926. The minimum Gasteiger partial charge on any atom is -0.439 e. The van der Waals surface area contributed by atoms with E-state index in [1.807, 2.05) is 30.3 Å². The van der Waals surface area contributed by atoms with Gasteiger partial charge in [-0.05, 0) is 35.2 Å². The molecule has 2 heterocycles. The fraction of sp³-hybridized carbons (Fsp3) is 0.286. The van der Waals surface area contributed by atoms with Crippen molar-refractivity contribution in [1.29, 1.82) is 0 Å². The number of ether oxygens (including phenoxy) is 1. The Bertz CT molecular complexity index is 768. The van der Waals surface area contributed by atoms with Crippen LogP contribution in [0, 0.1) is 0 Å². The molecule has 0 bridgehead atoms. The second kappa shape index (κ2) is 7.11. The van der Waals surface area contributed by atoms with Crippen LogP contribution in [-0.2, 0) is 11.3 Å². The SMILES string of the molecule is O=C1OC(c2ccccc2)CN1Cc1ccc(C2=CCNCC2)cc1. The molecule has 0 radical (unpaired) electrons. The van der Waals surface area contributed by atoms with Crippen LogP contribution in [0.25, 0.3) is 5.57 Å². The van der Waals surface area contributed by atoms with Gasteiger partial charge >= 0.3 is 6.09 Å².